The van der Waals surface area contributed by atoms with Crippen molar-refractivity contribution in [3.63, 3.8) is 0 Å². The molecule has 198 valence electrons. The average molecular weight is 518 g/mol. The SMILES string of the molecule is COc1cc(OCC(=O)N[C@@H]2CCN(Cc3ccccc3)C2)ccc1C=NNC(=O)c1ccc(O)c(N)c1. The number of hydrogen-bond donors (Lipinski definition) is 4. The quantitative estimate of drug-likeness (QED) is 0.140. The van der Waals surface area contributed by atoms with E-state index in [4.69, 9.17) is 15.2 Å². The Hall–Kier alpha value is -4.57. The van der Waals surface area contributed by atoms with Crippen LogP contribution >= 0.6 is 0 Å². The number of nitrogens with zero attached hydrogens (tertiary/aromatic N) is 2. The number of phenols is 1. The van der Waals surface area contributed by atoms with Crippen molar-refractivity contribution in [1.29, 1.82) is 0 Å². The fourth-order valence-electron chi connectivity index (χ4n) is 4.16. The Morgan fingerprint density at radius 1 is 1.16 bits per heavy atom. The highest BCUT2D eigenvalue weighted by Crippen LogP contribution is 2.24. The minimum Gasteiger partial charge on any atom is -0.506 e. The van der Waals surface area contributed by atoms with Gasteiger partial charge in [0.15, 0.2) is 6.61 Å². The number of carbonyl (C=O) groups excluding carboxylic acids is 2. The molecule has 0 aliphatic carbocycles. The van der Waals surface area contributed by atoms with Gasteiger partial charge in [-0.15, -0.1) is 0 Å². The first-order valence-corrected chi connectivity index (χ1v) is 12.2. The molecule has 0 unspecified atom stereocenters. The van der Waals surface area contributed by atoms with Crippen LogP contribution < -0.4 is 25.9 Å². The van der Waals surface area contributed by atoms with Crippen LogP contribution in [0.15, 0.2) is 71.8 Å². The molecule has 10 nitrogen and oxygen atoms in total. The third-order valence-electron chi connectivity index (χ3n) is 6.12. The summed E-state index contributed by atoms with van der Waals surface area (Å²) in [6.07, 6.45) is 2.33. The van der Waals surface area contributed by atoms with Gasteiger partial charge in [0.2, 0.25) is 0 Å². The van der Waals surface area contributed by atoms with Crippen LogP contribution in [0.25, 0.3) is 0 Å². The van der Waals surface area contributed by atoms with Gasteiger partial charge < -0.3 is 25.6 Å². The maximum Gasteiger partial charge on any atom is 0.271 e. The molecule has 1 heterocycles. The number of aromatic hydroxyl groups is 1. The normalized spacial score (nSPS) is 15.3. The lowest BCUT2D eigenvalue weighted by molar-refractivity contribution is -0.123. The molecule has 3 aromatic carbocycles. The standard InChI is InChI=1S/C28H31N5O5/c1-37-26-14-23(9-7-21(26)15-30-32-28(36)20-8-10-25(34)24(29)13-20)38-18-27(35)31-22-11-12-33(17-22)16-19-5-3-2-4-6-19/h2-10,13-15,22,34H,11-12,16-18,29H2,1H3,(H,31,35)(H,32,36)/t22-/m1/s1. The summed E-state index contributed by atoms with van der Waals surface area (Å²) in [5.74, 6) is 0.165. The van der Waals surface area contributed by atoms with E-state index >= 15 is 0 Å². The van der Waals surface area contributed by atoms with Gasteiger partial charge in [0.1, 0.15) is 17.2 Å². The molecule has 1 aliphatic rings. The number of phenolic OH excluding ortho intramolecular Hbond substituents is 1. The molecule has 0 bridgehead atoms. The summed E-state index contributed by atoms with van der Waals surface area (Å²) < 4.78 is 11.1. The number of benzene rings is 3. The van der Waals surface area contributed by atoms with E-state index in [0.29, 0.717) is 17.1 Å². The number of likely N-dealkylation sites (tertiary alicyclic amines) is 1. The Kier molecular flexibility index (Phi) is 8.78. The predicted octanol–water partition coefficient (Wildman–Crippen LogP) is 2.52. The molecule has 0 saturated carbocycles. The minimum atomic E-state index is -0.483. The number of anilines is 1. The van der Waals surface area contributed by atoms with Crippen LogP contribution in [0.4, 0.5) is 5.69 Å². The van der Waals surface area contributed by atoms with Crippen molar-refractivity contribution in [2.24, 2.45) is 5.10 Å². The Balaban J connectivity index is 1.24. The van der Waals surface area contributed by atoms with Gasteiger partial charge in [-0.25, -0.2) is 5.43 Å². The second-order valence-electron chi connectivity index (χ2n) is 8.94. The van der Waals surface area contributed by atoms with Crippen molar-refractivity contribution in [1.82, 2.24) is 15.6 Å². The van der Waals surface area contributed by atoms with Gasteiger partial charge in [0.05, 0.1) is 19.0 Å². The number of carbonyl (C=O) groups is 2. The first-order chi connectivity index (χ1) is 18.4. The number of methoxy groups -OCH3 is 1. The van der Waals surface area contributed by atoms with Gasteiger partial charge in [0.25, 0.3) is 11.8 Å². The Morgan fingerprint density at radius 2 is 1.97 bits per heavy atom. The number of nitrogen functional groups attached to an aromatic ring is 1. The molecule has 1 aliphatic heterocycles. The lowest BCUT2D eigenvalue weighted by atomic mass is 10.2. The van der Waals surface area contributed by atoms with E-state index in [1.54, 1.807) is 18.2 Å². The fourth-order valence-corrected chi connectivity index (χ4v) is 4.16. The highest BCUT2D eigenvalue weighted by Gasteiger charge is 2.24. The summed E-state index contributed by atoms with van der Waals surface area (Å²) in [4.78, 5) is 27.0. The van der Waals surface area contributed by atoms with Crippen LogP contribution in [0, 0.1) is 0 Å². The van der Waals surface area contributed by atoms with Crippen LogP contribution in [0.5, 0.6) is 17.2 Å². The van der Waals surface area contributed by atoms with E-state index in [1.807, 2.05) is 18.2 Å². The van der Waals surface area contributed by atoms with Gasteiger partial charge in [-0.05, 0) is 42.3 Å². The van der Waals surface area contributed by atoms with Crippen molar-refractivity contribution >= 4 is 23.7 Å². The zero-order valence-electron chi connectivity index (χ0n) is 21.1. The van der Waals surface area contributed by atoms with E-state index in [0.717, 1.165) is 26.1 Å². The van der Waals surface area contributed by atoms with Gasteiger partial charge in [-0.3, -0.25) is 14.5 Å². The highest BCUT2D eigenvalue weighted by molar-refractivity contribution is 5.96. The third-order valence-corrected chi connectivity index (χ3v) is 6.12. The average Bonchev–Trinajstić information content (AvgIpc) is 3.36. The molecule has 3 aromatic rings. The van der Waals surface area contributed by atoms with E-state index in [2.05, 4.69) is 32.9 Å². The van der Waals surface area contributed by atoms with Crippen molar-refractivity contribution < 1.29 is 24.2 Å². The summed E-state index contributed by atoms with van der Waals surface area (Å²) in [5, 5.41) is 16.5. The van der Waals surface area contributed by atoms with E-state index < -0.39 is 5.91 Å². The van der Waals surface area contributed by atoms with Crippen molar-refractivity contribution in [3.8, 4) is 17.2 Å². The molecule has 5 N–H and O–H groups in total. The number of nitrogens with one attached hydrogen (secondary N) is 2. The zero-order chi connectivity index (χ0) is 26.9. The molecule has 0 spiro atoms. The summed E-state index contributed by atoms with van der Waals surface area (Å²) in [6.45, 7) is 2.50. The maximum atomic E-state index is 12.5. The Labute approximate surface area is 221 Å². The number of amides is 2. The number of rotatable bonds is 10. The largest absolute Gasteiger partial charge is 0.506 e. The number of hydrogen-bond acceptors (Lipinski definition) is 8. The highest BCUT2D eigenvalue weighted by atomic mass is 16.5. The first kappa shape index (κ1) is 26.5. The van der Waals surface area contributed by atoms with Gasteiger partial charge in [-0.1, -0.05) is 30.3 Å². The maximum absolute atomic E-state index is 12.5. The van der Waals surface area contributed by atoms with Crippen molar-refractivity contribution in [3.05, 3.63) is 83.4 Å². The van der Waals surface area contributed by atoms with Gasteiger partial charge in [-0.2, -0.15) is 5.10 Å². The topological polar surface area (TPSA) is 139 Å². The Bertz CT molecular complexity index is 1300. The zero-order valence-corrected chi connectivity index (χ0v) is 21.1. The summed E-state index contributed by atoms with van der Waals surface area (Å²) in [7, 11) is 1.50. The van der Waals surface area contributed by atoms with Crippen LogP contribution in [-0.4, -0.2) is 60.9 Å². The summed E-state index contributed by atoms with van der Waals surface area (Å²) >= 11 is 0. The van der Waals surface area contributed by atoms with Gasteiger partial charge in [0, 0.05) is 42.9 Å². The number of ether oxygens (including phenoxy) is 2. The summed E-state index contributed by atoms with van der Waals surface area (Å²) in [5.41, 5.74) is 10.2. The second-order valence-corrected chi connectivity index (χ2v) is 8.94. The third kappa shape index (κ3) is 7.23. The molecule has 4 rings (SSSR count). The number of nitrogens with two attached hydrogens (primary N) is 1. The van der Waals surface area contributed by atoms with E-state index in [9.17, 15) is 14.7 Å². The molecule has 10 heteroatoms. The molecule has 0 aromatic heterocycles. The molecule has 2 amide bonds. The predicted molar refractivity (Wildman–Crippen MR) is 144 cm³/mol. The Morgan fingerprint density at radius 3 is 2.74 bits per heavy atom. The first-order valence-electron chi connectivity index (χ1n) is 12.2. The van der Waals surface area contributed by atoms with Gasteiger partial charge >= 0.3 is 0 Å². The molecular formula is C28H31N5O5. The fraction of sp³-hybridized carbons (Fsp3) is 0.250. The van der Waals surface area contributed by atoms with E-state index in [-0.39, 0.29) is 35.6 Å². The van der Waals surface area contributed by atoms with Crippen LogP contribution in [0.3, 0.4) is 0 Å². The molecule has 38 heavy (non-hydrogen) atoms. The lowest BCUT2D eigenvalue weighted by Crippen LogP contribution is -2.39. The van der Waals surface area contributed by atoms with Crippen molar-refractivity contribution in [2.45, 2.75) is 19.0 Å². The van der Waals surface area contributed by atoms with E-state index in [1.165, 1.54) is 37.1 Å². The molecule has 0 radical (unpaired) electrons. The number of hydrazone groups is 1. The molecular weight excluding hydrogens is 486 g/mol. The molecule has 1 atom stereocenters. The van der Waals surface area contributed by atoms with Crippen LogP contribution in [-0.2, 0) is 11.3 Å². The second kappa shape index (κ2) is 12.6. The minimum absolute atomic E-state index is 0.0937. The monoisotopic (exact) mass is 517 g/mol. The van der Waals surface area contributed by atoms with Crippen LogP contribution in [0.2, 0.25) is 0 Å². The molecule has 1 saturated heterocycles. The lowest BCUT2D eigenvalue weighted by Gasteiger charge is -2.17. The smallest absolute Gasteiger partial charge is 0.271 e. The van der Waals surface area contributed by atoms with Crippen molar-refractivity contribution in [2.75, 3.05) is 32.5 Å². The van der Waals surface area contributed by atoms with Crippen LogP contribution in [0.1, 0.15) is 27.9 Å². The summed E-state index contributed by atoms with van der Waals surface area (Å²) in [6, 6.07) is 19.6. The molecule has 1 fully saturated rings.